The van der Waals surface area contributed by atoms with Gasteiger partial charge >= 0.3 is 5.97 Å². The van der Waals surface area contributed by atoms with Gasteiger partial charge in [-0.15, -0.1) is 0 Å². The van der Waals surface area contributed by atoms with Gasteiger partial charge in [-0.05, 0) is 43.2 Å². The molecule has 1 fully saturated rings. The van der Waals surface area contributed by atoms with Crippen molar-refractivity contribution in [3.8, 4) is 0 Å². The molecule has 0 unspecified atom stereocenters. The number of hydrogen-bond donors (Lipinski definition) is 1. The lowest BCUT2D eigenvalue weighted by atomic mass is 9.92. The van der Waals surface area contributed by atoms with E-state index in [1.807, 2.05) is 17.0 Å². The highest BCUT2D eigenvalue weighted by molar-refractivity contribution is 5.77. The van der Waals surface area contributed by atoms with Crippen molar-refractivity contribution in [1.82, 2.24) is 15.2 Å². The number of aromatic nitrogens is 1. The van der Waals surface area contributed by atoms with E-state index in [2.05, 4.69) is 15.0 Å². The summed E-state index contributed by atoms with van der Waals surface area (Å²) in [6.07, 6.45) is 7.88. The molecule has 1 aromatic heterocycles. The molecular weight excluding hydrogens is 346 g/mol. The predicted octanol–water partition coefficient (Wildman–Crippen LogP) is 2.06. The summed E-state index contributed by atoms with van der Waals surface area (Å²) in [4.78, 5) is 41.1. The van der Waals surface area contributed by atoms with Gasteiger partial charge in [-0.2, -0.15) is 0 Å². The summed E-state index contributed by atoms with van der Waals surface area (Å²) in [6, 6.07) is 3.79. The van der Waals surface area contributed by atoms with Gasteiger partial charge in [0.15, 0.2) is 0 Å². The van der Waals surface area contributed by atoms with E-state index in [0.29, 0.717) is 31.7 Å². The smallest absolute Gasteiger partial charge is 0.305 e. The molecule has 1 N–H and O–H groups in total. The molecule has 0 atom stereocenters. The Morgan fingerprint density at radius 2 is 2.00 bits per heavy atom. The van der Waals surface area contributed by atoms with Crippen molar-refractivity contribution in [1.29, 1.82) is 0 Å². The minimum atomic E-state index is -0.275. The number of pyridine rings is 1. The fourth-order valence-corrected chi connectivity index (χ4v) is 3.24. The van der Waals surface area contributed by atoms with E-state index in [1.165, 1.54) is 7.11 Å². The second kappa shape index (κ2) is 11.3. The first-order valence-corrected chi connectivity index (χ1v) is 9.58. The summed E-state index contributed by atoms with van der Waals surface area (Å²) < 4.78 is 4.58. The quantitative estimate of drug-likeness (QED) is 0.668. The maximum atomic E-state index is 12.2. The molecule has 1 aliphatic rings. The number of carbonyl (C=O) groups is 3. The van der Waals surface area contributed by atoms with Gasteiger partial charge < -0.3 is 15.0 Å². The van der Waals surface area contributed by atoms with Crippen LogP contribution in [0.15, 0.2) is 24.5 Å². The second-order valence-electron chi connectivity index (χ2n) is 6.93. The number of nitrogens with zero attached hydrogens (tertiary/aromatic N) is 2. The molecule has 0 bridgehead atoms. The Morgan fingerprint density at radius 1 is 1.22 bits per heavy atom. The minimum absolute atomic E-state index is 0.0557. The first-order valence-electron chi connectivity index (χ1n) is 9.58. The van der Waals surface area contributed by atoms with Crippen LogP contribution >= 0.6 is 0 Å². The van der Waals surface area contributed by atoms with Gasteiger partial charge in [0.25, 0.3) is 0 Å². The molecule has 7 nitrogen and oxygen atoms in total. The second-order valence-corrected chi connectivity index (χ2v) is 6.93. The molecule has 0 aliphatic carbocycles. The molecule has 0 aromatic carbocycles. The molecule has 148 valence electrons. The van der Waals surface area contributed by atoms with Crippen molar-refractivity contribution < 1.29 is 19.1 Å². The Balaban J connectivity index is 1.58. The van der Waals surface area contributed by atoms with Crippen LogP contribution in [-0.4, -0.2) is 47.9 Å². The molecule has 2 heterocycles. The van der Waals surface area contributed by atoms with Crippen LogP contribution in [0, 0.1) is 5.92 Å². The van der Waals surface area contributed by atoms with E-state index in [4.69, 9.17) is 0 Å². The number of amides is 2. The van der Waals surface area contributed by atoms with Gasteiger partial charge in [-0.1, -0.05) is 6.07 Å². The number of carbonyl (C=O) groups excluding carboxylic acids is 3. The summed E-state index contributed by atoms with van der Waals surface area (Å²) in [7, 11) is 1.36. The molecule has 7 heteroatoms. The van der Waals surface area contributed by atoms with Gasteiger partial charge in [-0.25, -0.2) is 0 Å². The zero-order valence-electron chi connectivity index (χ0n) is 16.0. The average molecular weight is 375 g/mol. The van der Waals surface area contributed by atoms with E-state index in [1.54, 1.807) is 12.4 Å². The maximum absolute atomic E-state index is 12.2. The number of piperidine rings is 1. The molecule has 1 aliphatic heterocycles. The van der Waals surface area contributed by atoms with Crippen molar-refractivity contribution >= 4 is 17.8 Å². The fourth-order valence-electron chi connectivity index (χ4n) is 3.24. The topological polar surface area (TPSA) is 88.6 Å². The molecular formula is C20H29N3O4. The molecule has 2 rings (SSSR count). The number of hydrogen-bond acceptors (Lipinski definition) is 5. The van der Waals surface area contributed by atoms with Gasteiger partial charge in [0.1, 0.15) is 0 Å². The zero-order valence-corrected chi connectivity index (χ0v) is 16.0. The molecule has 1 saturated heterocycles. The van der Waals surface area contributed by atoms with Crippen LogP contribution < -0.4 is 5.32 Å². The number of methoxy groups -OCH3 is 1. The highest BCUT2D eigenvalue weighted by atomic mass is 16.5. The summed E-state index contributed by atoms with van der Waals surface area (Å²) >= 11 is 0. The van der Waals surface area contributed by atoms with E-state index in [-0.39, 0.29) is 24.2 Å². The van der Waals surface area contributed by atoms with E-state index >= 15 is 0 Å². The van der Waals surface area contributed by atoms with E-state index in [9.17, 15) is 14.4 Å². The van der Waals surface area contributed by atoms with Crippen LogP contribution in [0.2, 0.25) is 0 Å². The summed E-state index contributed by atoms with van der Waals surface area (Å²) in [5, 5.41) is 2.92. The summed E-state index contributed by atoms with van der Waals surface area (Å²) in [6.45, 7) is 1.98. The summed E-state index contributed by atoms with van der Waals surface area (Å²) in [5.74, 6) is 0.364. The lowest BCUT2D eigenvalue weighted by Gasteiger charge is -2.32. The zero-order chi connectivity index (χ0) is 19.5. The Hall–Kier alpha value is -2.44. The van der Waals surface area contributed by atoms with Gasteiger partial charge in [0.2, 0.25) is 11.8 Å². The SMILES string of the molecule is COC(=O)CCCC(=O)N1CCC(CCC(=O)NCc2cccnc2)CC1. The molecule has 2 amide bonds. The van der Waals surface area contributed by atoms with Crippen molar-refractivity contribution in [3.05, 3.63) is 30.1 Å². The number of esters is 1. The first-order chi connectivity index (χ1) is 13.1. The van der Waals surface area contributed by atoms with Crippen LogP contribution in [0.5, 0.6) is 0 Å². The number of rotatable bonds is 9. The van der Waals surface area contributed by atoms with Crippen molar-refractivity contribution in [3.63, 3.8) is 0 Å². The predicted molar refractivity (Wildman–Crippen MR) is 100 cm³/mol. The molecule has 0 spiro atoms. The summed E-state index contributed by atoms with van der Waals surface area (Å²) in [5.41, 5.74) is 0.991. The standard InChI is InChI=1S/C20H29N3O4/c1-27-20(26)6-2-5-19(25)23-12-9-16(10-13-23)7-8-18(24)22-15-17-4-3-11-21-14-17/h3-4,11,14,16H,2,5-10,12-13,15H2,1H3,(H,22,24). The minimum Gasteiger partial charge on any atom is -0.469 e. The third-order valence-corrected chi connectivity index (χ3v) is 4.96. The van der Waals surface area contributed by atoms with Gasteiger partial charge in [0.05, 0.1) is 7.11 Å². The fraction of sp³-hybridized carbons (Fsp3) is 0.600. The van der Waals surface area contributed by atoms with Crippen LogP contribution in [0.4, 0.5) is 0 Å². The molecule has 0 radical (unpaired) electrons. The van der Waals surface area contributed by atoms with Crippen molar-refractivity contribution in [2.45, 2.75) is 51.5 Å². The third kappa shape index (κ3) is 7.76. The molecule has 0 saturated carbocycles. The van der Waals surface area contributed by atoms with Crippen LogP contribution in [0.25, 0.3) is 0 Å². The Labute approximate surface area is 160 Å². The lowest BCUT2D eigenvalue weighted by Crippen LogP contribution is -2.38. The van der Waals surface area contributed by atoms with Crippen LogP contribution in [0.3, 0.4) is 0 Å². The van der Waals surface area contributed by atoms with Gasteiger partial charge in [0, 0.05) is 51.3 Å². The Kier molecular flexibility index (Phi) is 8.74. The van der Waals surface area contributed by atoms with E-state index in [0.717, 1.165) is 37.9 Å². The van der Waals surface area contributed by atoms with Gasteiger partial charge in [-0.3, -0.25) is 19.4 Å². The maximum Gasteiger partial charge on any atom is 0.305 e. The Morgan fingerprint density at radius 3 is 2.67 bits per heavy atom. The molecule has 1 aromatic rings. The van der Waals surface area contributed by atoms with Crippen molar-refractivity contribution in [2.75, 3.05) is 20.2 Å². The lowest BCUT2D eigenvalue weighted by molar-refractivity contribution is -0.141. The van der Waals surface area contributed by atoms with E-state index < -0.39 is 0 Å². The monoisotopic (exact) mass is 375 g/mol. The first kappa shape index (κ1) is 20.9. The Bertz CT molecular complexity index is 613. The third-order valence-electron chi connectivity index (χ3n) is 4.96. The number of likely N-dealkylation sites (tertiary alicyclic amines) is 1. The average Bonchev–Trinajstić information content (AvgIpc) is 2.71. The molecule has 27 heavy (non-hydrogen) atoms. The normalized spacial score (nSPS) is 14.6. The van der Waals surface area contributed by atoms with Crippen molar-refractivity contribution in [2.24, 2.45) is 5.92 Å². The van der Waals surface area contributed by atoms with Crippen LogP contribution in [-0.2, 0) is 25.7 Å². The highest BCUT2D eigenvalue weighted by Gasteiger charge is 2.23. The number of nitrogens with one attached hydrogen (secondary N) is 1. The highest BCUT2D eigenvalue weighted by Crippen LogP contribution is 2.22. The van der Waals surface area contributed by atoms with Crippen LogP contribution in [0.1, 0.15) is 50.5 Å². The number of ether oxygens (including phenoxy) is 1. The largest absolute Gasteiger partial charge is 0.469 e.